The maximum atomic E-state index is 14.2. The number of aliphatic hydroxyl groups excluding tert-OH is 1. The number of carbonyl (C=O) groups is 2. The van der Waals surface area contributed by atoms with Crippen LogP contribution in [0.5, 0.6) is 17.2 Å². The number of halogens is 1. The van der Waals surface area contributed by atoms with E-state index in [1.54, 1.807) is 18.2 Å². The molecule has 3 aromatic rings. The van der Waals surface area contributed by atoms with Crippen molar-refractivity contribution >= 4 is 17.4 Å². The number of methoxy groups -OCH3 is 1. The lowest BCUT2D eigenvalue weighted by molar-refractivity contribution is -0.140. The standard InChI is InChI=1S/C30H28FNO6/c1-30(2,3)19-8-6-18(7-9-19)26-25(27(33)21-14-20(31)10-12-22(21)36-4)28(34)29(35)32(26)15-17-5-11-23-24(13-17)38-16-37-23/h5-14,26,33H,15-16H2,1-4H3/b27-25+. The molecule has 0 bridgehead atoms. The molecule has 2 aliphatic rings. The third-order valence-corrected chi connectivity index (χ3v) is 6.84. The molecule has 1 fully saturated rings. The summed E-state index contributed by atoms with van der Waals surface area (Å²) in [6.45, 7) is 6.45. The van der Waals surface area contributed by atoms with Gasteiger partial charge in [0, 0.05) is 6.54 Å². The van der Waals surface area contributed by atoms with Crippen molar-refractivity contribution in [1.29, 1.82) is 0 Å². The number of ether oxygens (including phenoxy) is 3. The summed E-state index contributed by atoms with van der Waals surface area (Å²) in [5.74, 6) is -1.43. The molecule has 8 heteroatoms. The van der Waals surface area contributed by atoms with Crippen LogP contribution in [-0.4, -0.2) is 35.6 Å². The first kappa shape index (κ1) is 25.3. The Balaban J connectivity index is 1.65. The van der Waals surface area contributed by atoms with E-state index >= 15 is 0 Å². The average molecular weight is 518 g/mol. The molecule has 38 heavy (non-hydrogen) atoms. The number of hydrogen-bond acceptors (Lipinski definition) is 6. The number of likely N-dealkylation sites (tertiary alicyclic amines) is 1. The molecule has 7 nitrogen and oxygen atoms in total. The molecular formula is C30H28FNO6. The molecule has 0 aromatic heterocycles. The number of benzene rings is 3. The van der Waals surface area contributed by atoms with Gasteiger partial charge in [0.15, 0.2) is 11.5 Å². The minimum absolute atomic E-state index is 0.00936. The molecule has 1 N–H and O–H groups in total. The highest BCUT2D eigenvalue weighted by Crippen LogP contribution is 2.43. The van der Waals surface area contributed by atoms with Crippen molar-refractivity contribution in [1.82, 2.24) is 4.90 Å². The second kappa shape index (κ2) is 9.52. The molecule has 2 heterocycles. The van der Waals surface area contributed by atoms with Crippen LogP contribution < -0.4 is 14.2 Å². The molecule has 5 rings (SSSR count). The molecule has 1 saturated heterocycles. The maximum Gasteiger partial charge on any atom is 0.295 e. The Morgan fingerprint density at radius 3 is 2.42 bits per heavy atom. The van der Waals surface area contributed by atoms with E-state index in [-0.39, 0.29) is 35.6 Å². The van der Waals surface area contributed by atoms with E-state index in [9.17, 15) is 19.1 Å². The van der Waals surface area contributed by atoms with Crippen LogP contribution in [-0.2, 0) is 21.5 Å². The number of rotatable bonds is 5. The normalized spacial score (nSPS) is 18.2. The van der Waals surface area contributed by atoms with Gasteiger partial charge in [-0.1, -0.05) is 51.1 Å². The fourth-order valence-corrected chi connectivity index (χ4v) is 4.80. The first-order valence-electron chi connectivity index (χ1n) is 12.2. The van der Waals surface area contributed by atoms with E-state index in [0.29, 0.717) is 17.1 Å². The lowest BCUT2D eigenvalue weighted by Crippen LogP contribution is -2.29. The van der Waals surface area contributed by atoms with E-state index in [2.05, 4.69) is 20.8 Å². The quantitative estimate of drug-likeness (QED) is 0.274. The lowest BCUT2D eigenvalue weighted by Gasteiger charge is -2.27. The number of aliphatic hydroxyl groups is 1. The Bertz CT molecular complexity index is 1450. The zero-order valence-corrected chi connectivity index (χ0v) is 21.6. The van der Waals surface area contributed by atoms with Crippen LogP contribution in [0.4, 0.5) is 4.39 Å². The van der Waals surface area contributed by atoms with Crippen molar-refractivity contribution in [3.8, 4) is 17.2 Å². The molecular weight excluding hydrogens is 489 g/mol. The smallest absolute Gasteiger partial charge is 0.295 e. The zero-order valence-electron chi connectivity index (χ0n) is 21.6. The van der Waals surface area contributed by atoms with Gasteiger partial charge in [-0.2, -0.15) is 0 Å². The minimum atomic E-state index is -0.914. The molecule has 1 unspecified atom stereocenters. The number of amides is 1. The summed E-state index contributed by atoms with van der Waals surface area (Å²) in [7, 11) is 1.38. The average Bonchev–Trinajstić information content (AvgIpc) is 3.46. The first-order valence-corrected chi connectivity index (χ1v) is 12.2. The summed E-state index contributed by atoms with van der Waals surface area (Å²) in [5.41, 5.74) is 2.17. The predicted molar refractivity (Wildman–Crippen MR) is 139 cm³/mol. The Morgan fingerprint density at radius 1 is 1.03 bits per heavy atom. The van der Waals surface area contributed by atoms with Crippen LogP contribution in [0.1, 0.15) is 49.1 Å². The number of ketones is 1. The predicted octanol–water partition coefficient (Wildman–Crippen LogP) is 5.48. The van der Waals surface area contributed by atoms with Crippen molar-refractivity contribution in [2.45, 2.75) is 38.8 Å². The summed E-state index contributed by atoms with van der Waals surface area (Å²) in [4.78, 5) is 28.2. The fraction of sp³-hybridized carbons (Fsp3) is 0.267. The SMILES string of the molecule is COc1ccc(F)cc1/C(O)=C1\C(=O)C(=O)N(Cc2ccc3c(c2)OCO3)C1c1ccc(C(C)(C)C)cc1. The van der Waals surface area contributed by atoms with Crippen LogP contribution in [0.25, 0.3) is 5.76 Å². The van der Waals surface area contributed by atoms with Gasteiger partial charge in [0.25, 0.3) is 11.7 Å². The van der Waals surface area contributed by atoms with Crippen molar-refractivity contribution in [2.75, 3.05) is 13.9 Å². The van der Waals surface area contributed by atoms with E-state index in [4.69, 9.17) is 14.2 Å². The van der Waals surface area contributed by atoms with E-state index in [0.717, 1.165) is 17.2 Å². The molecule has 1 amide bonds. The largest absolute Gasteiger partial charge is 0.507 e. The van der Waals surface area contributed by atoms with Crippen molar-refractivity contribution in [2.24, 2.45) is 0 Å². The number of Topliss-reactive ketones (excluding diaryl/α,β-unsaturated/α-hetero) is 1. The second-order valence-corrected chi connectivity index (χ2v) is 10.3. The highest BCUT2D eigenvalue weighted by Gasteiger charge is 2.46. The summed E-state index contributed by atoms with van der Waals surface area (Å²) in [6.07, 6.45) is 0. The number of hydrogen-bond donors (Lipinski definition) is 1. The van der Waals surface area contributed by atoms with Gasteiger partial charge in [-0.05, 0) is 52.4 Å². The molecule has 3 aromatic carbocycles. The van der Waals surface area contributed by atoms with Crippen LogP contribution in [0.3, 0.4) is 0 Å². The number of carbonyl (C=O) groups excluding carboxylic acids is 2. The van der Waals surface area contributed by atoms with Crippen molar-refractivity contribution in [3.63, 3.8) is 0 Å². The van der Waals surface area contributed by atoms with Gasteiger partial charge < -0.3 is 24.2 Å². The topological polar surface area (TPSA) is 85.3 Å². The summed E-state index contributed by atoms with van der Waals surface area (Å²) in [6, 6.07) is 15.6. The molecule has 0 saturated carbocycles. The van der Waals surface area contributed by atoms with Crippen LogP contribution in [0.2, 0.25) is 0 Å². The monoisotopic (exact) mass is 517 g/mol. The Kier molecular flexibility index (Phi) is 6.34. The molecule has 0 radical (unpaired) electrons. The van der Waals surface area contributed by atoms with Crippen LogP contribution in [0, 0.1) is 5.82 Å². The van der Waals surface area contributed by atoms with E-state index < -0.39 is 29.3 Å². The molecule has 0 aliphatic carbocycles. The minimum Gasteiger partial charge on any atom is -0.507 e. The third kappa shape index (κ3) is 4.47. The van der Waals surface area contributed by atoms with E-state index in [1.165, 1.54) is 24.1 Å². The van der Waals surface area contributed by atoms with Gasteiger partial charge in [0.2, 0.25) is 6.79 Å². The Labute approximate surface area is 220 Å². The summed E-state index contributed by atoms with van der Waals surface area (Å²) >= 11 is 0. The zero-order chi connectivity index (χ0) is 27.2. The van der Waals surface area contributed by atoms with Gasteiger partial charge in [-0.25, -0.2) is 4.39 Å². The van der Waals surface area contributed by atoms with Crippen LogP contribution >= 0.6 is 0 Å². The molecule has 2 aliphatic heterocycles. The Hall–Kier alpha value is -4.33. The lowest BCUT2D eigenvalue weighted by atomic mass is 9.85. The molecule has 0 spiro atoms. The highest BCUT2D eigenvalue weighted by atomic mass is 19.1. The highest BCUT2D eigenvalue weighted by molar-refractivity contribution is 6.46. The maximum absolute atomic E-state index is 14.2. The first-order chi connectivity index (χ1) is 18.1. The van der Waals surface area contributed by atoms with Gasteiger partial charge in [0.1, 0.15) is 17.3 Å². The van der Waals surface area contributed by atoms with Gasteiger partial charge in [0.05, 0.1) is 24.3 Å². The van der Waals surface area contributed by atoms with E-state index in [1.807, 2.05) is 24.3 Å². The third-order valence-electron chi connectivity index (χ3n) is 6.84. The Morgan fingerprint density at radius 2 is 1.74 bits per heavy atom. The van der Waals surface area contributed by atoms with Gasteiger partial charge >= 0.3 is 0 Å². The number of fused-ring (bicyclic) bond motifs is 1. The molecule has 1 atom stereocenters. The molecule has 196 valence electrons. The van der Waals surface area contributed by atoms with Gasteiger partial charge in [-0.3, -0.25) is 9.59 Å². The summed E-state index contributed by atoms with van der Waals surface area (Å²) in [5, 5.41) is 11.4. The second-order valence-electron chi connectivity index (χ2n) is 10.3. The van der Waals surface area contributed by atoms with Crippen molar-refractivity contribution < 1.29 is 33.3 Å². The van der Waals surface area contributed by atoms with Crippen molar-refractivity contribution in [3.05, 3.63) is 94.3 Å². The number of nitrogens with zero attached hydrogens (tertiary/aromatic N) is 1. The van der Waals surface area contributed by atoms with Gasteiger partial charge in [-0.15, -0.1) is 0 Å². The fourth-order valence-electron chi connectivity index (χ4n) is 4.80. The summed E-state index contributed by atoms with van der Waals surface area (Å²) < 4.78 is 30.3. The van der Waals surface area contributed by atoms with Crippen LogP contribution in [0.15, 0.2) is 66.2 Å².